The van der Waals surface area contributed by atoms with Crippen molar-refractivity contribution in [1.82, 2.24) is 0 Å². The number of nitrogens with one attached hydrogen (secondary N) is 1. The van der Waals surface area contributed by atoms with Crippen LogP contribution in [0.15, 0.2) is 35.2 Å². The van der Waals surface area contributed by atoms with E-state index >= 15 is 0 Å². The Hall–Kier alpha value is -1.61. The fraction of sp³-hybridized carbons (Fsp3) is 0.235. The number of fused-ring (bicyclic) bond motifs is 1. The third-order valence-electron chi connectivity index (χ3n) is 4.14. The largest absolute Gasteiger partial charge is 0.478 e. The molecule has 0 saturated heterocycles. The molecular formula is C17H16INO4S. The molecule has 1 aliphatic rings. The molecule has 2 N–H and O–H groups in total. The summed E-state index contributed by atoms with van der Waals surface area (Å²) < 4.78 is 29.4. The van der Waals surface area contributed by atoms with E-state index in [1.807, 2.05) is 19.1 Å². The van der Waals surface area contributed by atoms with E-state index in [2.05, 4.69) is 27.3 Å². The summed E-state index contributed by atoms with van der Waals surface area (Å²) in [7, 11) is -3.85. The van der Waals surface area contributed by atoms with Crippen LogP contribution in [0.2, 0.25) is 0 Å². The third-order valence-corrected chi connectivity index (χ3v) is 6.25. The number of anilines is 1. The minimum atomic E-state index is -3.85. The number of halogens is 1. The second kappa shape index (κ2) is 6.36. The van der Waals surface area contributed by atoms with Crippen molar-refractivity contribution in [3.63, 3.8) is 0 Å². The lowest BCUT2D eigenvalue weighted by Gasteiger charge is -2.14. The number of rotatable bonds is 4. The Bertz CT molecular complexity index is 938. The molecule has 0 spiro atoms. The normalized spacial score (nSPS) is 13.6. The van der Waals surface area contributed by atoms with Gasteiger partial charge in [0.15, 0.2) is 0 Å². The summed E-state index contributed by atoms with van der Waals surface area (Å²) in [6.45, 7) is 1.83. The van der Waals surface area contributed by atoms with Gasteiger partial charge in [-0.2, -0.15) is 0 Å². The van der Waals surface area contributed by atoms with Gasteiger partial charge in [-0.05, 0) is 95.8 Å². The minimum absolute atomic E-state index is 0.00959. The van der Waals surface area contributed by atoms with Gasteiger partial charge in [0, 0.05) is 3.57 Å². The SMILES string of the molecule is Cc1cc(I)ccc1NS(=O)(=O)c1cc(C(=O)O)cc2c1CCC2. The van der Waals surface area contributed by atoms with Gasteiger partial charge in [-0.15, -0.1) is 0 Å². The van der Waals surface area contributed by atoms with E-state index < -0.39 is 16.0 Å². The van der Waals surface area contributed by atoms with E-state index in [-0.39, 0.29) is 10.5 Å². The van der Waals surface area contributed by atoms with Crippen LogP contribution in [-0.2, 0) is 22.9 Å². The molecule has 126 valence electrons. The lowest BCUT2D eigenvalue weighted by Crippen LogP contribution is -2.17. The van der Waals surface area contributed by atoms with Crippen molar-refractivity contribution in [2.24, 2.45) is 0 Å². The van der Waals surface area contributed by atoms with Gasteiger partial charge in [0.25, 0.3) is 10.0 Å². The molecule has 0 aliphatic heterocycles. The van der Waals surface area contributed by atoms with Crippen LogP contribution < -0.4 is 4.72 Å². The first-order valence-electron chi connectivity index (χ1n) is 7.46. The number of benzene rings is 2. The highest BCUT2D eigenvalue weighted by Crippen LogP contribution is 2.31. The molecule has 0 fully saturated rings. The monoisotopic (exact) mass is 457 g/mol. The van der Waals surface area contributed by atoms with Gasteiger partial charge in [-0.25, -0.2) is 13.2 Å². The molecule has 0 heterocycles. The van der Waals surface area contributed by atoms with Crippen molar-refractivity contribution < 1.29 is 18.3 Å². The Morgan fingerprint density at radius 3 is 2.62 bits per heavy atom. The van der Waals surface area contributed by atoms with E-state index in [1.54, 1.807) is 12.1 Å². The van der Waals surface area contributed by atoms with Crippen molar-refractivity contribution in [2.75, 3.05) is 4.72 Å². The average Bonchev–Trinajstić information content (AvgIpc) is 2.97. The zero-order valence-electron chi connectivity index (χ0n) is 13.0. The first-order valence-corrected chi connectivity index (χ1v) is 10.0. The van der Waals surface area contributed by atoms with Crippen molar-refractivity contribution in [1.29, 1.82) is 0 Å². The molecule has 2 aromatic carbocycles. The molecule has 7 heteroatoms. The summed E-state index contributed by atoms with van der Waals surface area (Å²) in [5.41, 5.74) is 2.88. The maximum absolute atomic E-state index is 12.9. The fourth-order valence-corrected chi connectivity index (χ4v) is 5.09. The van der Waals surface area contributed by atoms with Crippen LogP contribution in [0.4, 0.5) is 5.69 Å². The summed E-state index contributed by atoms with van der Waals surface area (Å²) in [5, 5.41) is 9.25. The molecule has 2 aromatic rings. The zero-order valence-corrected chi connectivity index (χ0v) is 15.9. The molecule has 0 unspecified atom stereocenters. The highest BCUT2D eigenvalue weighted by Gasteiger charge is 2.26. The zero-order chi connectivity index (χ0) is 17.5. The van der Waals surface area contributed by atoms with Crippen LogP contribution in [0.3, 0.4) is 0 Å². The molecule has 5 nitrogen and oxygen atoms in total. The number of carboxylic acid groups (broad SMARTS) is 1. The Morgan fingerprint density at radius 2 is 1.96 bits per heavy atom. The van der Waals surface area contributed by atoms with Gasteiger partial charge in [0.1, 0.15) is 0 Å². The summed E-state index contributed by atoms with van der Waals surface area (Å²) >= 11 is 2.16. The summed E-state index contributed by atoms with van der Waals surface area (Å²) in [6.07, 6.45) is 2.20. The lowest BCUT2D eigenvalue weighted by molar-refractivity contribution is 0.0696. The predicted octanol–water partition coefficient (Wildman–Crippen LogP) is 3.59. The molecule has 0 atom stereocenters. The number of carboxylic acids is 1. The molecule has 24 heavy (non-hydrogen) atoms. The van der Waals surface area contributed by atoms with Crippen LogP contribution in [-0.4, -0.2) is 19.5 Å². The highest BCUT2D eigenvalue weighted by molar-refractivity contribution is 14.1. The second-order valence-corrected chi connectivity index (χ2v) is 8.73. The number of aromatic carboxylic acids is 1. The fourth-order valence-electron chi connectivity index (χ4n) is 2.97. The first-order chi connectivity index (χ1) is 11.3. The molecule has 1 aliphatic carbocycles. The molecule has 0 saturated carbocycles. The maximum Gasteiger partial charge on any atom is 0.335 e. The quantitative estimate of drug-likeness (QED) is 0.688. The van der Waals surface area contributed by atoms with E-state index in [0.29, 0.717) is 18.5 Å². The first kappa shape index (κ1) is 17.2. The van der Waals surface area contributed by atoms with Gasteiger partial charge in [-0.3, -0.25) is 4.72 Å². The minimum Gasteiger partial charge on any atom is -0.478 e. The van der Waals surface area contributed by atoms with Crippen molar-refractivity contribution in [3.05, 3.63) is 56.2 Å². The topological polar surface area (TPSA) is 83.5 Å². The smallest absolute Gasteiger partial charge is 0.335 e. The number of carbonyl (C=O) groups is 1. The molecular weight excluding hydrogens is 441 g/mol. The van der Waals surface area contributed by atoms with E-state index in [9.17, 15) is 18.3 Å². The molecule has 3 rings (SSSR count). The van der Waals surface area contributed by atoms with Crippen LogP contribution in [0.1, 0.15) is 33.5 Å². The number of hydrogen-bond acceptors (Lipinski definition) is 3. The van der Waals surface area contributed by atoms with Gasteiger partial charge in [-0.1, -0.05) is 0 Å². The predicted molar refractivity (Wildman–Crippen MR) is 100 cm³/mol. The van der Waals surface area contributed by atoms with Crippen LogP contribution >= 0.6 is 22.6 Å². The number of sulfonamides is 1. The highest BCUT2D eigenvalue weighted by atomic mass is 127. The third kappa shape index (κ3) is 3.27. The summed E-state index contributed by atoms with van der Waals surface area (Å²) in [6, 6.07) is 8.27. The average molecular weight is 457 g/mol. The summed E-state index contributed by atoms with van der Waals surface area (Å²) in [5.74, 6) is -1.12. The molecule has 0 bridgehead atoms. The Balaban J connectivity index is 2.08. The van der Waals surface area contributed by atoms with E-state index in [1.165, 1.54) is 6.07 Å². The summed E-state index contributed by atoms with van der Waals surface area (Å²) in [4.78, 5) is 11.4. The molecule has 0 radical (unpaired) electrons. The van der Waals surface area contributed by atoms with Gasteiger partial charge >= 0.3 is 5.97 Å². The van der Waals surface area contributed by atoms with Gasteiger partial charge in [0.05, 0.1) is 16.1 Å². The standard InChI is InChI=1S/C17H16INO4S/c1-10-7-13(18)5-6-15(10)19-24(22,23)16-9-12(17(20)21)8-11-3-2-4-14(11)16/h5-9,19H,2-4H2,1H3,(H,20,21). The Morgan fingerprint density at radius 1 is 1.21 bits per heavy atom. The van der Waals surface area contributed by atoms with E-state index in [4.69, 9.17) is 0 Å². The van der Waals surface area contributed by atoms with E-state index in [0.717, 1.165) is 26.7 Å². The van der Waals surface area contributed by atoms with Crippen LogP contribution in [0.5, 0.6) is 0 Å². The molecule has 0 amide bonds. The lowest BCUT2D eigenvalue weighted by atomic mass is 10.1. The van der Waals surface area contributed by atoms with Gasteiger partial charge in [0.2, 0.25) is 0 Å². The van der Waals surface area contributed by atoms with Crippen molar-refractivity contribution in [3.8, 4) is 0 Å². The van der Waals surface area contributed by atoms with Gasteiger partial charge < -0.3 is 5.11 Å². The second-order valence-electron chi connectivity index (χ2n) is 5.84. The van der Waals surface area contributed by atoms with Crippen LogP contribution in [0.25, 0.3) is 0 Å². The van der Waals surface area contributed by atoms with Crippen LogP contribution in [0, 0.1) is 10.5 Å². The Kier molecular flexibility index (Phi) is 4.56. The maximum atomic E-state index is 12.9. The van der Waals surface area contributed by atoms with Crippen molar-refractivity contribution in [2.45, 2.75) is 31.1 Å². The number of hydrogen-bond donors (Lipinski definition) is 2. The molecule has 0 aromatic heterocycles. The number of aryl methyl sites for hydroxylation is 2. The van der Waals surface area contributed by atoms with Crippen molar-refractivity contribution >= 4 is 44.3 Å². The Labute approximate surface area is 154 Å².